The summed E-state index contributed by atoms with van der Waals surface area (Å²) in [6, 6.07) is 8.42. The van der Waals surface area contributed by atoms with Crippen molar-refractivity contribution in [3.8, 4) is 0 Å². The number of benzene rings is 1. The van der Waals surface area contributed by atoms with Gasteiger partial charge in [-0.05, 0) is 17.6 Å². The van der Waals surface area contributed by atoms with Gasteiger partial charge in [0, 0.05) is 10.8 Å². The second-order valence-electron chi connectivity index (χ2n) is 4.28. The van der Waals surface area contributed by atoms with Gasteiger partial charge in [-0.25, -0.2) is 0 Å². The zero-order chi connectivity index (χ0) is 9.47. The van der Waals surface area contributed by atoms with Crippen LogP contribution in [0.15, 0.2) is 24.3 Å². The smallest absolute Gasteiger partial charge is 0.0674 e. The Morgan fingerprint density at radius 1 is 1.15 bits per heavy atom. The van der Waals surface area contributed by atoms with Gasteiger partial charge in [-0.1, -0.05) is 39.0 Å². The topological polar surface area (TPSA) is 12.9 Å². The second-order valence-corrected chi connectivity index (χ2v) is 5.08. The summed E-state index contributed by atoms with van der Waals surface area (Å²) in [5, 5.41) is 1.31. The van der Waals surface area contributed by atoms with Crippen molar-refractivity contribution in [3.63, 3.8) is 0 Å². The van der Waals surface area contributed by atoms with Crippen LogP contribution in [0, 0.1) is 0 Å². The Kier molecular flexibility index (Phi) is 1.88. The average Bonchev–Trinajstić information content (AvgIpc) is 2.45. The maximum absolute atomic E-state index is 4.51. The van der Waals surface area contributed by atoms with Gasteiger partial charge in [0.2, 0.25) is 0 Å². The van der Waals surface area contributed by atoms with E-state index in [1.165, 1.54) is 15.8 Å². The van der Waals surface area contributed by atoms with Crippen LogP contribution in [-0.4, -0.2) is 4.37 Å². The fourth-order valence-electron chi connectivity index (χ4n) is 1.43. The van der Waals surface area contributed by atoms with Crippen LogP contribution in [0.25, 0.3) is 10.1 Å². The first-order chi connectivity index (χ1) is 6.09. The van der Waals surface area contributed by atoms with E-state index in [1.54, 1.807) is 11.5 Å². The van der Waals surface area contributed by atoms with E-state index in [0.717, 1.165) is 0 Å². The van der Waals surface area contributed by atoms with E-state index in [9.17, 15) is 0 Å². The Hall–Kier alpha value is -0.890. The maximum Gasteiger partial charge on any atom is 0.0674 e. The molecule has 2 aromatic rings. The molecule has 0 saturated carbocycles. The predicted octanol–water partition coefficient (Wildman–Crippen LogP) is 3.59. The molecule has 0 aliphatic heterocycles. The van der Waals surface area contributed by atoms with E-state index in [0.29, 0.717) is 0 Å². The molecule has 1 aromatic heterocycles. The SMILES string of the molecule is CC(C)(C)c1nsc2ccccc12. The Bertz CT molecular complexity index is 423. The fourth-order valence-corrected chi connectivity index (χ4v) is 2.39. The minimum atomic E-state index is 0.152. The summed E-state index contributed by atoms with van der Waals surface area (Å²) in [7, 11) is 0. The lowest BCUT2D eigenvalue weighted by molar-refractivity contribution is 0.581. The Morgan fingerprint density at radius 2 is 1.85 bits per heavy atom. The number of rotatable bonds is 0. The molecule has 0 saturated heterocycles. The molecule has 0 spiro atoms. The summed E-state index contributed by atoms with van der Waals surface area (Å²) in [5.74, 6) is 0. The summed E-state index contributed by atoms with van der Waals surface area (Å²) >= 11 is 1.59. The van der Waals surface area contributed by atoms with Gasteiger partial charge in [-0.15, -0.1) is 0 Å². The predicted molar refractivity (Wildman–Crippen MR) is 58.3 cm³/mol. The fraction of sp³-hybridized carbons (Fsp3) is 0.364. The largest absolute Gasteiger partial charge is 0.196 e. The molecule has 2 rings (SSSR count). The highest BCUT2D eigenvalue weighted by atomic mass is 32.1. The van der Waals surface area contributed by atoms with E-state index >= 15 is 0 Å². The number of aromatic nitrogens is 1. The van der Waals surface area contributed by atoms with Crippen LogP contribution in [0.1, 0.15) is 26.5 Å². The standard InChI is InChI=1S/C11H13NS/c1-11(2,3)10-8-6-4-5-7-9(8)13-12-10/h4-7H,1-3H3. The average molecular weight is 191 g/mol. The normalized spacial score (nSPS) is 12.2. The van der Waals surface area contributed by atoms with E-state index in [4.69, 9.17) is 0 Å². The van der Waals surface area contributed by atoms with Gasteiger partial charge in [0.15, 0.2) is 0 Å². The minimum absolute atomic E-state index is 0.152. The lowest BCUT2D eigenvalue weighted by Gasteiger charge is -2.15. The molecule has 0 radical (unpaired) electrons. The van der Waals surface area contributed by atoms with Gasteiger partial charge in [0.1, 0.15) is 0 Å². The van der Waals surface area contributed by atoms with Crippen molar-refractivity contribution in [2.24, 2.45) is 0 Å². The van der Waals surface area contributed by atoms with E-state index in [2.05, 4.69) is 49.4 Å². The third-order valence-corrected chi connectivity index (χ3v) is 2.91. The van der Waals surface area contributed by atoms with Crippen molar-refractivity contribution >= 4 is 21.6 Å². The van der Waals surface area contributed by atoms with Crippen molar-refractivity contribution in [1.82, 2.24) is 4.37 Å². The monoisotopic (exact) mass is 191 g/mol. The highest BCUT2D eigenvalue weighted by Gasteiger charge is 2.19. The molecule has 0 unspecified atom stereocenters. The van der Waals surface area contributed by atoms with Crippen molar-refractivity contribution in [2.75, 3.05) is 0 Å². The number of fused-ring (bicyclic) bond motifs is 1. The van der Waals surface area contributed by atoms with Crippen molar-refractivity contribution in [3.05, 3.63) is 30.0 Å². The maximum atomic E-state index is 4.51. The number of hydrogen-bond acceptors (Lipinski definition) is 2. The molecule has 2 heteroatoms. The van der Waals surface area contributed by atoms with Crippen LogP contribution in [0.2, 0.25) is 0 Å². The molecule has 13 heavy (non-hydrogen) atoms. The van der Waals surface area contributed by atoms with Crippen LogP contribution < -0.4 is 0 Å². The molecule has 1 nitrogen and oxygen atoms in total. The molecule has 68 valence electrons. The van der Waals surface area contributed by atoms with Crippen LogP contribution in [0.5, 0.6) is 0 Å². The molecular formula is C11H13NS. The minimum Gasteiger partial charge on any atom is -0.196 e. The van der Waals surface area contributed by atoms with Crippen LogP contribution in [-0.2, 0) is 5.41 Å². The Labute approximate surface area is 82.6 Å². The number of hydrogen-bond donors (Lipinski definition) is 0. The van der Waals surface area contributed by atoms with E-state index < -0.39 is 0 Å². The molecule has 0 fully saturated rings. The molecule has 0 amide bonds. The lowest BCUT2D eigenvalue weighted by atomic mass is 9.90. The molecule has 0 aliphatic carbocycles. The number of nitrogens with zero attached hydrogens (tertiary/aromatic N) is 1. The third kappa shape index (κ3) is 1.46. The highest BCUT2D eigenvalue weighted by molar-refractivity contribution is 7.13. The molecule has 1 aromatic carbocycles. The van der Waals surface area contributed by atoms with Gasteiger partial charge in [0.25, 0.3) is 0 Å². The van der Waals surface area contributed by atoms with Crippen molar-refractivity contribution in [1.29, 1.82) is 0 Å². The van der Waals surface area contributed by atoms with Gasteiger partial charge in [0.05, 0.1) is 10.4 Å². The van der Waals surface area contributed by atoms with Gasteiger partial charge in [-0.3, -0.25) is 0 Å². The zero-order valence-corrected chi connectivity index (χ0v) is 8.98. The Balaban J connectivity index is 2.72. The summed E-state index contributed by atoms with van der Waals surface area (Å²) in [6.07, 6.45) is 0. The summed E-state index contributed by atoms with van der Waals surface area (Å²) < 4.78 is 5.79. The molecule has 0 bridgehead atoms. The van der Waals surface area contributed by atoms with Crippen LogP contribution in [0.3, 0.4) is 0 Å². The second kappa shape index (κ2) is 2.81. The molecular weight excluding hydrogens is 178 g/mol. The molecule has 0 N–H and O–H groups in total. The summed E-state index contributed by atoms with van der Waals surface area (Å²) in [4.78, 5) is 0. The summed E-state index contributed by atoms with van der Waals surface area (Å²) in [6.45, 7) is 6.61. The van der Waals surface area contributed by atoms with Gasteiger partial charge >= 0.3 is 0 Å². The van der Waals surface area contributed by atoms with Crippen LogP contribution >= 0.6 is 11.5 Å². The first kappa shape index (κ1) is 8.70. The molecule has 0 aliphatic rings. The van der Waals surface area contributed by atoms with Gasteiger partial charge < -0.3 is 0 Å². The highest BCUT2D eigenvalue weighted by Crippen LogP contribution is 2.31. The van der Waals surface area contributed by atoms with Crippen LogP contribution in [0.4, 0.5) is 0 Å². The van der Waals surface area contributed by atoms with Crippen molar-refractivity contribution < 1.29 is 0 Å². The van der Waals surface area contributed by atoms with Gasteiger partial charge in [-0.2, -0.15) is 4.37 Å². The van der Waals surface area contributed by atoms with Crippen molar-refractivity contribution in [2.45, 2.75) is 26.2 Å². The van der Waals surface area contributed by atoms with E-state index in [-0.39, 0.29) is 5.41 Å². The molecule has 0 atom stereocenters. The quantitative estimate of drug-likeness (QED) is 0.620. The molecule has 1 heterocycles. The third-order valence-electron chi connectivity index (χ3n) is 2.09. The zero-order valence-electron chi connectivity index (χ0n) is 8.16. The van der Waals surface area contributed by atoms with E-state index in [1.807, 2.05) is 0 Å². The lowest BCUT2D eigenvalue weighted by Crippen LogP contribution is -2.11. The summed E-state index contributed by atoms with van der Waals surface area (Å²) in [5.41, 5.74) is 1.37. The first-order valence-corrected chi connectivity index (χ1v) is 5.21. The first-order valence-electron chi connectivity index (χ1n) is 4.44. The Morgan fingerprint density at radius 3 is 2.54 bits per heavy atom.